The number of hydrogen-bond donors (Lipinski definition) is 1. The van der Waals surface area contributed by atoms with Gasteiger partial charge in [-0.3, -0.25) is 9.69 Å². The predicted octanol–water partition coefficient (Wildman–Crippen LogP) is 2.62. The van der Waals surface area contributed by atoms with Gasteiger partial charge in [0.1, 0.15) is 22.5 Å². The van der Waals surface area contributed by atoms with E-state index in [1.807, 2.05) is 0 Å². The Balaban J connectivity index is 1.64. The number of aromatic nitrogens is 2. The topological polar surface area (TPSA) is 88.4 Å². The van der Waals surface area contributed by atoms with Crippen LogP contribution in [-0.4, -0.2) is 34.0 Å². The van der Waals surface area contributed by atoms with E-state index in [2.05, 4.69) is 26.3 Å². The summed E-state index contributed by atoms with van der Waals surface area (Å²) < 4.78 is 10.6. The maximum atomic E-state index is 12.6. The highest BCUT2D eigenvalue weighted by Gasteiger charge is 2.24. The first kappa shape index (κ1) is 17.0. The molecule has 3 aromatic heterocycles. The van der Waals surface area contributed by atoms with Crippen LogP contribution in [0.15, 0.2) is 20.7 Å². The number of H-pyrrole nitrogens is 1. The average molecular weight is 373 g/mol. The van der Waals surface area contributed by atoms with Gasteiger partial charge in [-0.25, -0.2) is 4.79 Å². The molecule has 0 bridgehead atoms. The monoisotopic (exact) mass is 373 g/mol. The molecule has 1 aliphatic heterocycles. The molecule has 0 aliphatic carbocycles. The lowest BCUT2D eigenvalue weighted by atomic mass is 10.1. The Labute approximate surface area is 153 Å². The van der Waals surface area contributed by atoms with Crippen molar-refractivity contribution in [3.63, 3.8) is 0 Å². The van der Waals surface area contributed by atoms with E-state index in [1.165, 1.54) is 10.4 Å². The van der Waals surface area contributed by atoms with Crippen molar-refractivity contribution in [3.8, 4) is 0 Å². The van der Waals surface area contributed by atoms with Crippen LogP contribution >= 0.6 is 11.3 Å². The van der Waals surface area contributed by atoms with Crippen molar-refractivity contribution in [2.75, 3.05) is 13.2 Å². The summed E-state index contributed by atoms with van der Waals surface area (Å²) in [6.45, 7) is 5.86. The number of hydrogen-bond acceptors (Lipinski definition) is 7. The van der Waals surface area contributed by atoms with Crippen LogP contribution in [0.25, 0.3) is 11.1 Å². The summed E-state index contributed by atoms with van der Waals surface area (Å²) >= 11 is 1.79. The van der Waals surface area contributed by atoms with Gasteiger partial charge in [-0.1, -0.05) is 0 Å². The molecular weight excluding hydrogens is 354 g/mol. The number of ether oxygens (including phenoxy) is 1. The molecular formula is C18H19N3O4S. The molecule has 8 heteroatoms. The molecule has 3 aromatic rings. The largest absolute Gasteiger partial charge is 0.462 e. The third-order valence-corrected chi connectivity index (χ3v) is 5.55. The van der Waals surface area contributed by atoms with Crippen LogP contribution in [0.3, 0.4) is 0 Å². The molecule has 7 nitrogen and oxygen atoms in total. The number of carbonyl (C=O) groups excluding carboxylic acids is 1. The maximum absolute atomic E-state index is 12.6. The molecule has 136 valence electrons. The lowest BCUT2D eigenvalue weighted by Gasteiger charge is -2.26. The Bertz CT molecular complexity index is 1030. The number of esters is 1. The number of carbonyl (C=O) groups is 1. The quantitative estimate of drug-likeness (QED) is 0.707. The number of aromatic amines is 1. The summed E-state index contributed by atoms with van der Waals surface area (Å²) in [7, 11) is 0. The molecule has 0 aromatic carbocycles. The van der Waals surface area contributed by atoms with E-state index >= 15 is 0 Å². The van der Waals surface area contributed by atoms with Crippen LogP contribution in [0.2, 0.25) is 0 Å². The summed E-state index contributed by atoms with van der Waals surface area (Å²) in [6.07, 6.45) is 1.01. The standard InChI is InChI=1S/C18H19N3O4S/c1-3-24-18(23)14-10(2)25-17-15(14)16(22)19-13(20-17)9-21-6-4-12-11(8-21)5-7-26-12/h5,7H,3-4,6,8-9H2,1-2H3,(H,19,20,22). The lowest BCUT2D eigenvalue weighted by Crippen LogP contribution is -2.30. The SMILES string of the molecule is CCOC(=O)c1c(C)oc2nc(CN3CCc4sccc4C3)[nH]c(=O)c12. The summed E-state index contributed by atoms with van der Waals surface area (Å²) in [5.74, 6) is 0.310. The number of fused-ring (bicyclic) bond motifs is 2. The second-order valence-electron chi connectivity index (χ2n) is 6.28. The predicted molar refractivity (Wildman–Crippen MR) is 97.5 cm³/mol. The van der Waals surface area contributed by atoms with Crippen LogP contribution in [0.4, 0.5) is 0 Å². The van der Waals surface area contributed by atoms with Gasteiger partial charge < -0.3 is 14.1 Å². The first-order valence-electron chi connectivity index (χ1n) is 8.53. The molecule has 0 amide bonds. The van der Waals surface area contributed by atoms with Crippen molar-refractivity contribution < 1.29 is 13.9 Å². The second kappa shape index (κ2) is 6.69. The number of nitrogens with zero attached hydrogens (tertiary/aromatic N) is 2. The van der Waals surface area contributed by atoms with Gasteiger partial charge in [-0.2, -0.15) is 4.98 Å². The number of thiophene rings is 1. The molecule has 0 unspecified atom stereocenters. The van der Waals surface area contributed by atoms with Crippen molar-refractivity contribution in [1.29, 1.82) is 0 Å². The summed E-state index contributed by atoms with van der Waals surface area (Å²) in [6, 6.07) is 2.15. The highest BCUT2D eigenvalue weighted by molar-refractivity contribution is 7.10. The Hall–Kier alpha value is -2.45. The van der Waals surface area contributed by atoms with Crippen LogP contribution in [0.5, 0.6) is 0 Å². The van der Waals surface area contributed by atoms with E-state index in [0.717, 1.165) is 19.5 Å². The van der Waals surface area contributed by atoms with Crippen molar-refractivity contribution in [2.45, 2.75) is 33.4 Å². The van der Waals surface area contributed by atoms with Crippen LogP contribution < -0.4 is 5.56 Å². The normalized spacial score (nSPS) is 14.5. The Morgan fingerprint density at radius 2 is 2.35 bits per heavy atom. The first-order valence-corrected chi connectivity index (χ1v) is 9.41. The minimum atomic E-state index is -0.565. The van der Waals surface area contributed by atoms with Gasteiger partial charge in [0, 0.05) is 18.0 Å². The third kappa shape index (κ3) is 2.95. The fourth-order valence-electron chi connectivity index (χ4n) is 3.34. The van der Waals surface area contributed by atoms with Crippen molar-refractivity contribution in [2.24, 2.45) is 0 Å². The fourth-order valence-corrected chi connectivity index (χ4v) is 4.23. The maximum Gasteiger partial charge on any atom is 0.342 e. The van der Waals surface area contributed by atoms with E-state index < -0.39 is 5.97 Å². The molecule has 0 fully saturated rings. The molecule has 0 spiro atoms. The molecule has 0 saturated heterocycles. The molecule has 26 heavy (non-hydrogen) atoms. The molecule has 1 N–H and O–H groups in total. The Morgan fingerprint density at radius 3 is 3.15 bits per heavy atom. The van der Waals surface area contributed by atoms with Crippen LogP contribution in [-0.2, 0) is 24.2 Å². The minimum Gasteiger partial charge on any atom is -0.462 e. The zero-order chi connectivity index (χ0) is 18.3. The fraction of sp³-hybridized carbons (Fsp3) is 0.389. The zero-order valence-corrected chi connectivity index (χ0v) is 15.4. The van der Waals surface area contributed by atoms with E-state index in [4.69, 9.17) is 9.15 Å². The van der Waals surface area contributed by atoms with Gasteiger partial charge in [0.2, 0.25) is 5.71 Å². The molecule has 0 saturated carbocycles. The molecule has 4 rings (SSSR count). The highest BCUT2D eigenvalue weighted by atomic mass is 32.1. The lowest BCUT2D eigenvalue weighted by molar-refractivity contribution is 0.0526. The zero-order valence-electron chi connectivity index (χ0n) is 14.6. The molecule has 4 heterocycles. The van der Waals surface area contributed by atoms with Gasteiger partial charge in [-0.15, -0.1) is 11.3 Å². The van der Waals surface area contributed by atoms with Gasteiger partial charge in [-0.05, 0) is 37.3 Å². The van der Waals surface area contributed by atoms with Gasteiger partial charge >= 0.3 is 5.97 Å². The van der Waals surface area contributed by atoms with E-state index in [-0.39, 0.29) is 28.8 Å². The van der Waals surface area contributed by atoms with Gasteiger partial charge in [0.05, 0.1) is 13.2 Å². The third-order valence-electron chi connectivity index (χ3n) is 4.53. The van der Waals surface area contributed by atoms with Crippen molar-refractivity contribution >= 4 is 28.4 Å². The molecule has 0 atom stereocenters. The van der Waals surface area contributed by atoms with E-state index in [0.29, 0.717) is 18.1 Å². The minimum absolute atomic E-state index is 0.156. The molecule has 1 aliphatic rings. The van der Waals surface area contributed by atoms with Gasteiger partial charge in [0.15, 0.2) is 0 Å². The number of nitrogens with one attached hydrogen (secondary N) is 1. The number of rotatable bonds is 4. The number of furan rings is 1. The van der Waals surface area contributed by atoms with Crippen LogP contribution in [0, 0.1) is 6.92 Å². The van der Waals surface area contributed by atoms with Gasteiger partial charge in [0.25, 0.3) is 5.56 Å². The van der Waals surface area contributed by atoms with Crippen LogP contribution in [0.1, 0.15) is 39.3 Å². The molecule has 0 radical (unpaired) electrons. The van der Waals surface area contributed by atoms with Crippen molar-refractivity contribution in [3.05, 3.63) is 49.4 Å². The van der Waals surface area contributed by atoms with E-state index in [9.17, 15) is 9.59 Å². The van der Waals surface area contributed by atoms with Crippen molar-refractivity contribution in [1.82, 2.24) is 14.9 Å². The first-order chi connectivity index (χ1) is 12.6. The Morgan fingerprint density at radius 1 is 1.50 bits per heavy atom. The summed E-state index contributed by atoms with van der Waals surface area (Å²) in [5, 5.41) is 2.27. The highest BCUT2D eigenvalue weighted by Crippen LogP contribution is 2.25. The average Bonchev–Trinajstić information content (AvgIpc) is 3.18. The summed E-state index contributed by atoms with van der Waals surface area (Å²) in [4.78, 5) is 35.6. The second-order valence-corrected chi connectivity index (χ2v) is 7.28. The Kier molecular flexibility index (Phi) is 4.37. The van der Waals surface area contributed by atoms with E-state index in [1.54, 1.807) is 25.2 Å². The number of aryl methyl sites for hydroxylation is 1. The smallest absolute Gasteiger partial charge is 0.342 e. The summed E-state index contributed by atoms with van der Waals surface area (Å²) in [5.41, 5.74) is 1.29.